The molecule has 0 aliphatic heterocycles. The van der Waals surface area contributed by atoms with Crippen molar-refractivity contribution < 1.29 is 14.3 Å². The first kappa shape index (κ1) is 16.0. The van der Waals surface area contributed by atoms with E-state index in [0.717, 1.165) is 22.3 Å². The van der Waals surface area contributed by atoms with Crippen molar-refractivity contribution in [2.75, 3.05) is 0 Å². The number of aliphatic carboxylic acids is 1. The normalized spacial score (nSPS) is 11.1. The van der Waals surface area contributed by atoms with Gasteiger partial charge in [-0.3, -0.25) is 4.79 Å². The highest BCUT2D eigenvalue weighted by Gasteiger charge is 2.10. The predicted molar refractivity (Wildman–Crippen MR) is 87.3 cm³/mol. The van der Waals surface area contributed by atoms with Crippen LogP contribution in [0.3, 0.4) is 0 Å². The van der Waals surface area contributed by atoms with Crippen LogP contribution < -0.4 is 0 Å². The number of rotatable bonds is 4. The van der Waals surface area contributed by atoms with Crippen LogP contribution in [0.5, 0.6) is 0 Å². The standard InChI is InChI=1S/C19H19FO2/c1-12-6-4-7-13(2)18(12)16-10-14(3)19(20)15(11-16)8-5-9-17(21)22/h4-8,10-11H,9H2,1-3H3,(H,21,22). The molecule has 2 aromatic carbocycles. The maximum absolute atomic E-state index is 14.2. The zero-order valence-electron chi connectivity index (χ0n) is 13.0. The third-order valence-corrected chi connectivity index (χ3v) is 3.64. The fraction of sp³-hybridized carbons (Fsp3) is 0.211. The Bertz CT molecular complexity index is 725. The number of carboxylic acids is 1. The summed E-state index contributed by atoms with van der Waals surface area (Å²) in [6, 6.07) is 9.66. The Morgan fingerprint density at radius 1 is 1.14 bits per heavy atom. The van der Waals surface area contributed by atoms with Crippen LogP contribution in [0.15, 0.2) is 36.4 Å². The highest BCUT2D eigenvalue weighted by atomic mass is 19.1. The summed E-state index contributed by atoms with van der Waals surface area (Å²) in [5.74, 6) is -1.24. The van der Waals surface area contributed by atoms with Crippen LogP contribution in [0, 0.1) is 26.6 Å². The zero-order chi connectivity index (χ0) is 16.3. The highest BCUT2D eigenvalue weighted by Crippen LogP contribution is 2.30. The van der Waals surface area contributed by atoms with Crippen LogP contribution >= 0.6 is 0 Å². The summed E-state index contributed by atoms with van der Waals surface area (Å²) in [6.07, 6.45) is 2.88. The Balaban J connectivity index is 2.53. The molecule has 2 aromatic rings. The molecule has 2 nitrogen and oxygen atoms in total. The highest BCUT2D eigenvalue weighted by molar-refractivity contribution is 5.75. The average Bonchev–Trinajstić information content (AvgIpc) is 2.43. The molecule has 0 radical (unpaired) electrons. The first-order valence-corrected chi connectivity index (χ1v) is 7.15. The molecule has 0 aliphatic carbocycles. The Morgan fingerprint density at radius 3 is 2.36 bits per heavy atom. The largest absolute Gasteiger partial charge is 0.481 e. The minimum absolute atomic E-state index is 0.119. The number of carboxylic acid groups (broad SMARTS) is 1. The lowest BCUT2D eigenvalue weighted by atomic mass is 9.93. The Kier molecular flexibility index (Phi) is 4.76. The van der Waals surface area contributed by atoms with Gasteiger partial charge in [0.25, 0.3) is 0 Å². The lowest BCUT2D eigenvalue weighted by Gasteiger charge is -2.13. The van der Waals surface area contributed by atoms with Crippen molar-refractivity contribution in [1.29, 1.82) is 0 Å². The second kappa shape index (κ2) is 6.56. The minimum atomic E-state index is -0.931. The third-order valence-electron chi connectivity index (χ3n) is 3.64. The van der Waals surface area contributed by atoms with Crippen LogP contribution in [0.2, 0.25) is 0 Å². The van der Waals surface area contributed by atoms with E-state index in [1.807, 2.05) is 38.1 Å². The fourth-order valence-electron chi connectivity index (χ4n) is 2.62. The fourth-order valence-corrected chi connectivity index (χ4v) is 2.62. The van der Waals surface area contributed by atoms with Gasteiger partial charge in [0.1, 0.15) is 5.82 Å². The molecule has 1 N–H and O–H groups in total. The molecule has 114 valence electrons. The number of benzene rings is 2. The summed E-state index contributed by atoms with van der Waals surface area (Å²) >= 11 is 0. The summed E-state index contributed by atoms with van der Waals surface area (Å²) in [6.45, 7) is 5.78. The van der Waals surface area contributed by atoms with Crippen molar-refractivity contribution in [3.8, 4) is 11.1 Å². The van der Waals surface area contributed by atoms with Gasteiger partial charge in [-0.05, 0) is 60.7 Å². The molecule has 3 heteroatoms. The molecule has 0 bridgehead atoms. The molecule has 0 saturated heterocycles. The van der Waals surface area contributed by atoms with Crippen molar-refractivity contribution in [3.63, 3.8) is 0 Å². The van der Waals surface area contributed by atoms with Gasteiger partial charge in [0.15, 0.2) is 0 Å². The van der Waals surface area contributed by atoms with E-state index in [4.69, 9.17) is 5.11 Å². The average molecular weight is 298 g/mol. The second-order valence-corrected chi connectivity index (χ2v) is 5.46. The molecule has 0 unspecified atom stereocenters. The lowest BCUT2D eigenvalue weighted by Crippen LogP contribution is -1.94. The molecule has 22 heavy (non-hydrogen) atoms. The second-order valence-electron chi connectivity index (χ2n) is 5.46. The zero-order valence-corrected chi connectivity index (χ0v) is 13.0. The maximum atomic E-state index is 14.2. The van der Waals surface area contributed by atoms with Crippen molar-refractivity contribution in [2.24, 2.45) is 0 Å². The summed E-state index contributed by atoms with van der Waals surface area (Å²) < 4.78 is 14.2. The van der Waals surface area contributed by atoms with Crippen LogP contribution in [0.4, 0.5) is 4.39 Å². The maximum Gasteiger partial charge on any atom is 0.307 e. The van der Waals surface area contributed by atoms with Gasteiger partial charge in [-0.2, -0.15) is 0 Å². The van der Waals surface area contributed by atoms with Gasteiger partial charge in [-0.1, -0.05) is 30.4 Å². The molecule has 0 aromatic heterocycles. The topological polar surface area (TPSA) is 37.3 Å². The molecule has 0 heterocycles. The van der Waals surface area contributed by atoms with Gasteiger partial charge < -0.3 is 5.11 Å². The van der Waals surface area contributed by atoms with Crippen LogP contribution in [-0.2, 0) is 4.79 Å². The molecule has 0 spiro atoms. The van der Waals surface area contributed by atoms with E-state index < -0.39 is 5.97 Å². The van der Waals surface area contributed by atoms with Gasteiger partial charge >= 0.3 is 5.97 Å². The van der Waals surface area contributed by atoms with E-state index in [2.05, 4.69) is 0 Å². The van der Waals surface area contributed by atoms with Gasteiger partial charge in [0, 0.05) is 5.56 Å². The predicted octanol–water partition coefficient (Wildman–Crippen LogP) is 4.91. The number of hydrogen-bond donors (Lipinski definition) is 1. The molecular weight excluding hydrogens is 279 g/mol. The summed E-state index contributed by atoms with van der Waals surface area (Å²) in [4.78, 5) is 10.6. The van der Waals surface area contributed by atoms with E-state index in [1.54, 1.807) is 13.0 Å². The number of aryl methyl sites for hydroxylation is 3. The van der Waals surface area contributed by atoms with Crippen LogP contribution in [-0.4, -0.2) is 11.1 Å². The molecule has 2 rings (SSSR count). The van der Waals surface area contributed by atoms with E-state index in [9.17, 15) is 9.18 Å². The van der Waals surface area contributed by atoms with Crippen molar-refractivity contribution >= 4 is 12.0 Å². The summed E-state index contributed by atoms with van der Waals surface area (Å²) in [7, 11) is 0. The van der Waals surface area contributed by atoms with Gasteiger partial charge in [-0.15, -0.1) is 0 Å². The van der Waals surface area contributed by atoms with E-state index >= 15 is 0 Å². The number of hydrogen-bond acceptors (Lipinski definition) is 1. The van der Waals surface area contributed by atoms with E-state index in [-0.39, 0.29) is 12.2 Å². The summed E-state index contributed by atoms with van der Waals surface area (Å²) in [5.41, 5.74) is 5.27. The van der Waals surface area contributed by atoms with Gasteiger partial charge in [-0.25, -0.2) is 4.39 Å². The quantitative estimate of drug-likeness (QED) is 0.871. The molecule has 0 saturated carbocycles. The Labute approximate surface area is 129 Å². The third kappa shape index (κ3) is 3.42. The van der Waals surface area contributed by atoms with Crippen molar-refractivity contribution in [3.05, 3.63) is 64.5 Å². The number of halogens is 1. The monoisotopic (exact) mass is 298 g/mol. The molecule has 0 fully saturated rings. The molecule has 0 amide bonds. The van der Waals surface area contributed by atoms with Gasteiger partial charge in [0.2, 0.25) is 0 Å². The lowest BCUT2D eigenvalue weighted by molar-refractivity contribution is -0.135. The first-order chi connectivity index (χ1) is 10.4. The van der Waals surface area contributed by atoms with Crippen molar-refractivity contribution in [2.45, 2.75) is 27.2 Å². The Morgan fingerprint density at radius 2 is 1.77 bits per heavy atom. The van der Waals surface area contributed by atoms with E-state index in [0.29, 0.717) is 11.1 Å². The molecule has 0 aliphatic rings. The first-order valence-electron chi connectivity index (χ1n) is 7.15. The molecular formula is C19H19FO2. The minimum Gasteiger partial charge on any atom is -0.481 e. The number of carbonyl (C=O) groups is 1. The van der Waals surface area contributed by atoms with Crippen LogP contribution in [0.25, 0.3) is 17.2 Å². The smallest absolute Gasteiger partial charge is 0.307 e. The van der Waals surface area contributed by atoms with E-state index in [1.165, 1.54) is 12.2 Å². The molecule has 0 atom stereocenters. The van der Waals surface area contributed by atoms with Crippen molar-refractivity contribution in [1.82, 2.24) is 0 Å². The summed E-state index contributed by atoms with van der Waals surface area (Å²) in [5, 5.41) is 8.68. The SMILES string of the molecule is Cc1cc(-c2c(C)cccc2C)cc(C=CCC(=O)O)c1F. The Hall–Kier alpha value is -2.42. The van der Waals surface area contributed by atoms with Gasteiger partial charge in [0.05, 0.1) is 6.42 Å². The van der Waals surface area contributed by atoms with Crippen LogP contribution in [0.1, 0.15) is 28.7 Å².